The Labute approximate surface area is 157 Å². The second kappa shape index (κ2) is 6.98. The molecule has 0 aliphatic rings. The van der Waals surface area contributed by atoms with Gasteiger partial charge in [-0.15, -0.1) is 10.2 Å². The summed E-state index contributed by atoms with van der Waals surface area (Å²) in [5.74, 6) is 1.69. The maximum atomic E-state index is 5.79. The third kappa shape index (κ3) is 3.45. The fourth-order valence-electron chi connectivity index (χ4n) is 2.58. The van der Waals surface area contributed by atoms with Crippen molar-refractivity contribution >= 4 is 38.6 Å². The third-order valence-corrected chi connectivity index (χ3v) is 5.40. The minimum Gasteiger partial charge on any atom is -0.420 e. The molecule has 4 rings (SSSR count). The molecule has 124 valence electrons. The van der Waals surface area contributed by atoms with Crippen LogP contribution in [0.25, 0.3) is 22.4 Å². The van der Waals surface area contributed by atoms with Gasteiger partial charge in [-0.05, 0) is 52.7 Å². The van der Waals surface area contributed by atoms with Crippen molar-refractivity contribution in [3.63, 3.8) is 0 Å². The predicted octanol–water partition coefficient (Wildman–Crippen LogP) is 5.65. The number of hydrogen-bond donors (Lipinski definition) is 0. The van der Waals surface area contributed by atoms with Crippen LogP contribution in [0.4, 0.5) is 0 Å². The van der Waals surface area contributed by atoms with Crippen LogP contribution in [0.2, 0.25) is 0 Å². The number of thioether (sulfide) groups is 1. The van der Waals surface area contributed by atoms with Gasteiger partial charge in [-0.3, -0.25) is 0 Å². The van der Waals surface area contributed by atoms with Gasteiger partial charge in [-0.2, -0.15) is 0 Å². The fraction of sp³-hybridized carbons (Fsp3) is 0.105. The molecule has 0 N–H and O–H groups in total. The molecule has 0 radical (unpaired) electrons. The smallest absolute Gasteiger partial charge is 0.248 e. The van der Waals surface area contributed by atoms with Gasteiger partial charge in [0.25, 0.3) is 0 Å². The lowest BCUT2D eigenvalue weighted by molar-refractivity contribution is 0.528. The number of hydrogen-bond acceptors (Lipinski definition) is 5. The Hall–Kier alpha value is -2.18. The highest BCUT2D eigenvalue weighted by atomic mass is 79.9. The van der Waals surface area contributed by atoms with E-state index in [-0.39, 0.29) is 0 Å². The number of aromatic nitrogens is 3. The van der Waals surface area contributed by atoms with Crippen LogP contribution in [0, 0.1) is 6.92 Å². The van der Waals surface area contributed by atoms with Gasteiger partial charge in [-0.25, -0.2) is 4.98 Å². The van der Waals surface area contributed by atoms with E-state index >= 15 is 0 Å². The second-order valence-electron chi connectivity index (χ2n) is 5.56. The normalized spacial score (nSPS) is 11.1. The summed E-state index contributed by atoms with van der Waals surface area (Å²) in [6, 6.07) is 18.1. The number of halogens is 1. The molecule has 0 aliphatic heterocycles. The predicted molar refractivity (Wildman–Crippen MR) is 103 cm³/mol. The zero-order chi connectivity index (χ0) is 17.2. The van der Waals surface area contributed by atoms with Crippen LogP contribution in [0.1, 0.15) is 11.5 Å². The van der Waals surface area contributed by atoms with Crippen LogP contribution in [-0.2, 0) is 5.75 Å². The molecule has 0 atom stereocenters. The van der Waals surface area contributed by atoms with Crippen molar-refractivity contribution < 1.29 is 4.42 Å². The van der Waals surface area contributed by atoms with Gasteiger partial charge in [-0.1, -0.05) is 42.1 Å². The van der Waals surface area contributed by atoms with Crippen molar-refractivity contribution in [1.29, 1.82) is 0 Å². The first-order valence-corrected chi connectivity index (χ1v) is 9.55. The molecule has 0 spiro atoms. The minimum atomic E-state index is 0.519. The van der Waals surface area contributed by atoms with E-state index in [0.29, 0.717) is 17.5 Å². The number of para-hydroxylation sites is 1. The maximum Gasteiger partial charge on any atom is 0.248 e. The monoisotopic (exact) mass is 411 g/mol. The van der Waals surface area contributed by atoms with Crippen molar-refractivity contribution in [2.24, 2.45) is 0 Å². The van der Waals surface area contributed by atoms with Gasteiger partial charge in [0.2, 0.25) is 11.8 Å². The second-order valence-corrected chi connectivity index (χ2v) is 7.41. The standard InChI is InChI=1S/C19H14BrN3OS/c1-12-10-18(21-16-9-5-3-6-13(12)16)25-11-17-22-23-19(24-17)14-7-2-4-8-15(14)20/h2-10H,11H2,1H3. The Balaban J connectivity index is 1.53. The van der Waals surface area contributed by atoms with Gasteiger partial charge in [0, 0.05) is 9.86 Å². The molecule has 6 heteroatoms. The molecule has 0 bridgehead atoms. The first-order chi connectivity index (χ1) is 12.2. The van der Waals surface area contributed by atoms with E-state index in [1.165, 1.54) is 10.9 Å². The first kappa shape index (κ1) is 16.3. The highest BCUT2D eigenvalue weighted by Crippen LogP contribution is 2.29. The van der Waals surface area contributed by atoms with Gasteiger partial charge >= 0.3 is 0 Å². The quantitative estimate of drug-likeness (QED) is 0.406. The molecule has 2 heterocycles. The van der Waals surface area contributed by atoms with E-state index in [0.717, 1.165) is 20.6 Å². The average molecular weight is 412 g/mol. The van der Waals surface area contributed by atoms with E-state index in [9.17, 15) is 0 Å². The summed E-state index contributed by atoms with van der Waals surface area (Å²) in [6.45, 7) is 2.10. The highest BCUT2D eigenvalue weighted by molar-refractivity contribution is 9.10. The summed E-state index contributed by atoms with van der Waals surface area (Å²) in [4.78, 5) is 4.70. The number of pyridine rings is 1. The number of fused-ring (bicyclic) bond motifs is 1. The van der Waals surface area contributed by atoms with Gasteiger partial charge < -0.3 is 4.42 Å². The summed E-state index contributed by atoms with van der Waals surface area (Å²) in [6.07, 6.45) is 0. The van der Waals surface area contributed by atoms with Crippen LogP contribution in [0.5, 0.6) is 0 Å². The summed E-state index contributed by atoms with van der Waals surface area (Å²) in [5, 5.41) is 10.4. The zero-order valence-electron chi connectivity index (χ0n) is 13.4. The molecule has 0 saturated carbocycles. The molecule has 2 aromatic heterocycles. The number of rotatable bonds is 4. The Morgan fingerprint density at radius 3 is 2.72 bits per heavy atom. The Morgan fingerprint density at radius 2 is 1.84 bits per heavy atom. The fourth-order valence-corrected chi connectivity index (χ4v) is 3.85. The minimum absolute atomic E-state index is 0.519. The number of aryl methyl sites for hydroxylation is 1. The van der Waals surface area contributed by atoms with Crippen molar-refractivity contribution in [2.45, 2.75) is 17.7 Å². The summed E-state index contributed by atoms with van der Waals surface area (Å²) in [7, 11) is 0. The van der Waals surface area contributed by atoms with Gasteiger partial charge in [0.05, 0.1) is 21.9 Å². The molecule has 2 aromatic carbocycles. The Kier molecular flexibility index (Phi) is 4.55. The maximum absolute atomic E-state index is 5.79. The summed E-state index contributed by atoms with van der Waals surface area (Å²) < 4.78 is 6.72. The Morgan fingerprint density at radius 1 is 1.04 bits per heavy atom. The van der Waals surface area contributed by atoms with Crippen LogP contribution >= 0.6 is 27.7 Å². The van der Waals surface area contributed by atoms with Crippen molar-refractivity contribution in [1.82, 2.24) is 15.2 Å². The first-order valence-electron chi connectivity index (χ1n) is 7.77. The largest absolute Gasteiger partial charge is 0.420 e. The van der Waals surface area contributed by atoms with Crippen LogP contribution in [0.3, 0.4) is 0 Å². The topological polar surface area (TPSA) is 51.8 Å². The van der Waals surface area contributed by atoms with E-state index in [1.807, 2.05) is 42.5 Å². The van der Waals surface area contributed by atoms with Gasteiger partial charge in [0.1, 0.15) is 0 Å². The van der Waals surface area contributed by atoms with Crippen molar-refractivity contribution in [3.8, 4) is 11.5 Å². The lowest BCUT2D eigenvalue weighted by Crippen LogP contribution is -1.88. The van der Waals surface area contributed by atoms with E-state index in [4.69, 9.17) is 9.40 Å². The Bertz CT molecular complexity index is 1050. The molecule has 0 unspecified atom stereocenters. The van der Waals surface area contributed by atoms with E-state index < -0.39 is 0 Å². The highest BCUT2D eigenvalue weighted by Gasteiger charge is 2.12. The molecular formula is C19H14BrN3OS. The molecule has 0 aliphatic carbocycles. The zero-order valence-corrected chi connectivity index (χ0v) is 15.8. The molecular weight excluding hydrogens is 398 g/mol. The van der Waals surface area contributed by atoms with E-state index in [2.05, 4.69) is 45.2 Å². The molecule has 4 aromatic rings. The van der Waals surface area contributed by atoms with Crippen molar-refractivity contribution in [2.75, 3.05) is 0 Å². The third-order valence-electron chi connectivity index (χ3n) is 3.81. The molecule has 0 amide bonds. The summed E-state index contributed by atoms with van der Waals surface area (Å²) >= 11 is 5.10. The van der Waals surface area contributed by atoms with Crippen LogP contribution in [-0.4, -0.2) is 15.2 Å². The summed E-state index contributed by atoms with van der Waals surface area (Å²) in [5.41, 5.74) is 3.11. The van der Waals surface area contributed by atoms with Crippen LogP contribution in [0.15, 0.2) is 68.5 Å². The van der Waals surface area contributed by atoms with Crippen LogP contribution < -0.4 is 0 Å². The molecule has 0 fully saturated rings. The number of nitrogens with zero attached hydrogens (tertiary/aromatic N) is 3. The molecule has 4 nitrogen and oxygen atoms in total. The lowest BCUT2D eigenvalue weighted by atomic mass is 10.1. The number of benzene rings is 2. The molecule has 0 saturated heterocycles. The van der Waals surface area contributed by atoms with Gasteiger partial charge in [0.15, 0.2) is 0 Å². The van der Waals surface area contributed by atoms with E-state index in [1.54, 1.807) is 11.8 Å². The van der Waals surface area contributed by atoms with Crippen molar-refractivity contribution in [3.05, 3.63) is 70.5 Å². The average Bonchev–Trinajstić information content (AvgIpc) is 3.09. The SMILES string of the molecule is Cc1cc(SCc2nnc(-c3ccccc3Br)o2)nc2ccccc12. The molecule has 25 heavy (non-hydrogen) atoms. The lowest BCUT2D eigenvalue weighted by Gasteiger charge is -2.05.